The van der Waals surface area contributed by atoms with E-state index in [1.54, 1.807) is 5.57 Å². The lowest BCUT2D eigenvalue weighted by Crippen LogP contribution is -2.37. The minimum atomic E-state index is -0.603. The molecule has 0 aromatic heterocycles. The van der Waals surface area contributed by atoms with Gasteiger partial charge in [0.05, 0.1) is 23.4 Å². The average Bonchev–Trinajstić information content (AvgIpc) is 3.06. The zero-order chi connectivity index (χ0) is 25.9. The van der Waals surface area contributed by atoms with Gasteiger partial charge in [-0.25, -0.2) is 0 Å². The molecule has 4 N–H and O–H groups in total. The predicted octanol–water partition coefficient (Wildman–Crippen LogP) is 6.46. The molecule has 0 aliphatic heterocycles. The van der Waals surface area contributed by atoms with Crippen LogP contribution in [-0.4, -0.2) is 43.8 Å². The Balaban J connectivity index is 1.73. The highest BCUT2D eigenvalue weighted by atomic mass is 16.3. The molecular weight excluding hydrogens is 436 g/mol. The molecule has 3 aliphatic carbocycles. The number of hydrogen-bond donors (Lipinski definition) is 4. The fraction of sp³-hybridized carbons (Fsp3) is 0.871. The van der Waals surface area contributed by atoms with Crippen LogP contribution >= 0.6 is 0 Å². The second-order valence-electron chi connectivity index (χ2n) is 13.8. The summed E-state index contributed by atoms with van der Waals surface area (Å²) in [5, 5.41) is 40.7. The van der Waals surface area contributed by atoms with Crippen LogP contribution in [0, 0.1) is 23.2 Å². The van der Waals surface area contributed by atoms with Gasteiger partial charge in [0.15, 0.2) is 0 Å². The second-order valence-corrected chi connectivity index (χ2v) is 13.8. The fourth-order valence-electron chi connectivity index (χ4n) is 7.72. The summed E-state index contributed by atoms with van der Waals surface area (Å²) in [5.41, 5.74) is 1.88. The van der Waals surface area contributed by atoms with Crippen molar-refractivity contribution in [2.45, 2.75) is 148 Å². The van der Waals surface area contributed by atoms with E-state index >= 15 is 0 Å². The molecular formula is C31H54O4. The molecule has 3 saturated carbocycles. The van der Waals surface area contributed by atoms with E-state index in [0.29, 0.717) is 42.4 Å². The summed E-state index contributed by atoms with van der Waals surface area (Å²) >= 11 is 0. The van der Waals surface area contributed by atoms with Gasteiger partial charge in [-0.1, -0.05) is 55.9 Å². The monoisotopic (exact) mass is 490 g/mol. The third-order valence-corrected chi connectivity index (χ3v) is 9.41. The molecule has 0 spiro atoms. The zero-order valence-electron chi connectivity index (χ0n) is 23.2. The van der Waals surface area contributed by atoms with Gasteiger partial charge in [-0.15, -0.1) is 0 Å². The molecule has 35 heavy (non-hydrogen) atoms. The summed E-state index contributed by atoms with van der Waals surface area (Å²) in [6.07, 6.45) is 18.0. The van der Waals surface area contributed by atoms with Gasteiger partial charge in [0.2, 0.25) is 0 Å². The first kappa shape index (κ1) is 28.9. The topological polar surface area (TPSA) is 80.9 Å². The van der Waals surface area contributed by atoms with Gasteiger partial charge in [0.1, 0.15) is 0 Å². The largest absolute Gasteiger partial charge is 0.393 e. The summed E-state index contributed by atoms with van der Waals surface area (Å²) in [5.74, 6) is 1.98. The van der Waals surface area contributed by atoms with Crippen LogP contribution in [0.15, 0.2) is 23.3 Å². The van der Waals surface area contributed by atoms with Crippen LogP contribution in [0.1, 0.15) is 125 Å². The van der Waals surface area contributed by atoms with Crippen LogP contribution in [0.4, 0.5) is 0 Å². The van der Waals surface area contributed by atoms with Crippen molar-refractivity contribution in [3.63, 3.8) is 0 Å². The summed E-state index contributed by atoms with van der Waals surface area (Å²) < 4.78 is 0. The number of aliphatic hydroxyl groups is 4. The quantitative estimate of drug-likeness (QED) is 0.283. The molecule has 1 unspecified atom stereocenters. The first-order valence-electron chi connectivity index (χ1n) is 14.5. The maximum atomic E-state index is 10.3. The highest BCUT2D eigenvalue weighted by Crippen LogP contribution is 2.60. The average molecular weight is 491 g/mol. The van der Waals surface area contributed by atoms with E-state index in [1.165, 1.54) is 50.5 Å². The molecule has 4 nitrogen and oxygen atoms in total. The normalized spacial score (nSPS) is 33.4. The number of hydrogen-bond acceptors (Lipinski definition) is 4. The first-order chi connectivity index (χ1) is 16.3. The lowest BCUT2D eigenvalue weighted by atomic mass is 9.60. The SMILES string of the molecule is CC(C)(O)CCCC(CCCC(C)(C)O)[C@H]1CCC2/C(=C\C=C3C[C@@H](O)C[C@H](O)C3)CCC[C@@]21C. The van der Waals surface area contributed by atoms with Crippen molar-refractivity contribution >= 4 is 0 Å². The number of rotatable bonds is 10. The van der Waals surface area contributed by atoms with Crippen LogP contribution in [0.2, 0.25) is 0 Å². The Morgan fingerprint density at radius 2 is 1.49 bits per heavy atom. The highest BCUT2D eigenvalue weighted by molar-refractivity contribution is 5.26. The van der Waals surface area contributed by atoms with Gasteiger partial charge >= 0.3 is 0 Å². The Morgan fingerprint density at radius 3 is 2.03 bits per heavy atom. The first-order valence-corrected chi connectivity index (χ1v) is 14.5. The van der Waals surface area contributed by atoms with Crippen molar-refractivity contribution in [1.29, 1.82) is 0 Å². The van der Waals surface area contributed by atoms with Crippen molar-refractivity contribution in [2.75, 3.05) is 0 Å². The van der Waals surface area contributed by atoms with E-state index in [9.17, 15) is 20.4 Å². The van der Waals surface area contributed by atoms with Crippen LogP contribution in [-0.2, 0) is 0 Å². The summed E-state index contributed by atoms with van der Waals surface area (Å²) in [4.78, 5) is 0. The Labute approximate surface area is 214 Å². The van der Waals surface area contributed by atoms with E-state index in [2.05, 4.69) is 19.1 Å². The van der Waals surface area contributed by atoms with Crippen molar-refractivity contribution in [2.24, 2.45) is 23.2 Å². The Bertz CT molecular complexity index is 708. The van der Waals surface area contributed by atoms with Crippen molar-refractivity contribution in [3.8, 4) is 0 Å². The minimum absolute atomic E-state index is 0.322. The Hall–Kier alpha value is -0.680. The molecule has 3 rings (SSSR count). The lowest BCUT2D eigenvalue weighted by Gasteiger charge is -2.45. The maximum Gasteiger partial charge on any atom is 0.0602 e. The Kier molecular flexibility index (Phi) is 9.73. The maximum absolute atomic E-state index is 10.3. The van der Waals surface area contributed by atoms with E-state index in [-0.39, 0.29) is 0 Å². The van der Waals surface area contributed by atoms with E-state index in [0.717, 1.165) is 25.7 Å². The van der Waals surface area contributed by atoms with Gasteiger partial charge in [-0.3, -0.25) is 0 Å². The zero-order valence-corrected chi connectivity index (χ0v) is 23.2. The van der Waals surface area contributed by atoms with Gasteiger partial charge in [0.25, 0.3) is 0 Å². The molecule has 202 valence electrons. The number of allylic oxidation sites excluding steroid dienone is 3. The van der Waals surface area contributed by atoms with Gasteiger partial charge in [0, 0.05) is 0 Å². The van der Waals surface area contributed by atoms with Gasteiger partial charge in [-0.05, 0) is 115 Å². The predicted molar refractivity (Wildman–Crippen MR) is 144 cm³/mol. The smallest absolute Gasteiger partial charge is 0.0602 e. The molecule has 0 aromatic carbocycles. The summed E-state index contributed by atoms with van der Waals surface area (Å²) in [7, 11) is 0. The third-order valence-electron chi connectivity index (χ3n) is 9.41. The third kappa shape index (κ3) is 8.42. The summed E-state index contributed by atoms with van der Waals surface area (Å²) in [6.45, 7) is 10.2. The van der Waals surface area contributed by atoms with Crippen molar-refractivity contribution in [3.05, 3.63) is 23.3 Å². The molecule has 0 bridgehead atoms. The molecule has 0 amide bonds. The van der Waals surface area contributed by atoms with Crippen LogP contribution in [0.5, 0.6) is 0 Å². The van der Waals surface area contributed by atoms with Crippen LogP contribution in [0.25, 0.3) is 0 Å². The Morgan fingerprint density at radius 1 is 0.914 bits per heavy atom. The minimum Gasteiger partial charge on any atom is -0.393 e. The molecule has 4 heteroatoms. The van der Waals surface area contributed by atoms with Crippen molar-refractivity contribution in [1.82, 2.24) is 0 Å². The molecule has 0 radical (unpaired) electrons. The van der Waals surface area contributed by atoms with Crippen LogP contribution in [0.3, 0.4) is 0 Å². The molecule has 0 saturated heterocycles. The standard InChI is InChI=1S/C31H54O4/c1-29(2,34)16-6-9-23(10-7-17-30(3,4)35)27-14-15-28-24(11-8-18-31(27,28)5)13-12-22-19-25(32)21-26(33)20-22/h12-13,23,25-28,32-35H,6-11,14-21H2,1-5H3/b24-13-/t25-,26-,27-,28?,31-/m1/s1. The fourth-order valence-corrected chi connectivity index (χ4v) is 7.72. The lowest BCUT2D eigenvalue weighted by molar-refractivity contribution is 0.0479. The van der Waals surface area contributed by atoms with Gasteiger partial charge < -0.3 is 20.4 Å². The molecule has 0 aromatic rings. The van der Waals surface area contributed by atoms with E-state index < -0.39 is 23.4 Å². The van der Waals surface area contributed by atoms with Gasteiger partial charge in [-0.2, -0.15) is 0 Å². The van der Waals surface area contributed by atoms with E-state index in [1.807, 2.05) is 27.7 Å². The summed E-state index contributed by atoms with van der Waals surface area (Å²) in [6, 6.07) is 0. The molecule has 0 heterocycles. The number of fused-ring (bicyclic) bond motifs is 1. The van der Waals surface area contributed by atoms with Crippen LogP contribution < -0.4 is 0 Å². The van der Waals surface area contributed by atoms with Crippen molar-refractivity contribution < 1.29 is 20.4 Å². The highest BCUT2D eigenvalue weighted by Gasteiger charge is 2.51. The van der Waals surface area contributed by atoms with E-state index in [4.69, 9.17) is 0 Å². The molecule has 3 aliphatic rings. The second kappa shape index (κ2) is 11.8. The molecule has 3 fully saturated rings. The molecule has 5 atom stereocenters. The number of aliphatic hydroxyl groups excluding tert-OH is 2.